The number of hydrogen-bond acceptors (Lipinski definition) is 13. The molecule has 8 rings (SSSR count). The molecule has 1 saturated heterocycles. The molecule has 2 unspecified atom stereocenters. The molecule has 20 heteroatoms. The Morgan fingerprint density at radius 3 is 2.32 bits per heavy atom. The van der Waals surface area contributed by atoms with Crippen molar-refractivity contribution in [1.29, 1.82) is 0 Å². The second-order valence-corrected chi connectivity index (χ2v) is 22.8. The van der Waals surface area contributed by atoms with Crippen LogP contribution in [0, 0.1) is 5.41 Å². The van der Waals surface area contributed by atoms with E-state index in [-0.39, 0.29) is 43.2 Å². The van der Waals surface area contributed by atoms with E-state index >= 15 is 0 Å². The number of aryl methyl sites for hydroxylation is 1. The number of benzene rings is 3. The number of piperazine rings is 1. The molecule has 6 aromatic rings. The third kappa shape index (κ3) is 14.0. The van der Waals surface area contributed by atoms with Crippen LogP contribution in [0.3, 0.4) is 0 Å². The Morgan fingerprint density at radius 1 is 0.962 bits per heavy atom. The average Bonchev–Trinajstić information content (AvgIpc) is 4.37. The van der Waals surface area contributed by atoms with Crippen molar-refractivity contribution in [3.8, 4) is 16.9 Å². The fourth-order valence-electron chi connectivity index (χ4n) is 9.98. The molecule has 416 valence electrons. The Labute approximate surface area is 468 Å². The van der Waals surface area contributed by atoms with E-state index in [2.05, 4.69) is 55.5 Å². The number of likely N-dealkylation sites (N-methyl/N-ethyl adjacent to an activating group) is 1. The van der Waals surface area contributed by atoms with E-state index in [1.54, 1.807) is 61.2 Å². The summed E-state index contributed by atoms with van der Waals surface area (Å²) in [7, 11) is 5.29. The van der Waals surface area contributed by atoms with Gasteiger partial charge in [-0.25, -0.2) is 14.8 Å². The standard InChI is InChI=1S/C59H74BN11O7S/c1-36(2)52(79)40-14-12-38(13-15-40)30-62-50(74)34-70(32-37(3)73)56(76)53(59(4,5)6)65-58(78)66(7)22-23-68-24-26-69(27-25-68)43-18-19-49(61-31-43)64-54-57(77)67(8)33-47(63-54)44-10-9-11-48(45(44)35-72)71-21-20-41-28-42(39-16-17-39)29-46(60)51(41)55(71)75/h9-15,18-21,28-29,31,33,37,39,53,72-73,79H,16-17,22-27,30,32,34-35,60H2,1-8H3,(H,62,74)(H,65,78)(H,61,63,64). The zero-order valence-electron chi connectivity index (χ0n) is 46.8. The molecule has 4 heterocycles. The quantitative estimate of drug-likeness (QED) is 0.0473. The van der Waals surface area contributed by atoms with Gasteiger partial charge in [0.2, 0.25) is 11.8 Å². The molecule has 2 aliphatic rings. The second-order valence-electron chi connectivity index (χ2n) is 22.3. The van der Waals surface area contributed by atoms with Gasteiger partial charge in [-0.05, 0) is 91.3 Å². The second kappa shape index (κ2) is 24.8. The fourth-order valence-corrected chi connectivity index (χ4v) is 10.1. The molecule has 0 radical (unpaired) electrons. The molecule has 18 nitrogen and oxygen atoms in total. The molecule has 4 amide bonds. The van der Waals surface area contributed by atoms with E-state index in [1.807, 2.05) is 91.0 Å². The normalized spacial score (nSPS) is 14.6. The molecule has 3 aromatic carbocycles. The van der Waals surface area contributed by atoms with Gasteiger partial charge in [-0.3, -0.25) is 28.6 Å². The van der Waals surface area contributed by atoms with E-state index in [4.69, 9.17) is 4.98 Å². The van der Waals surface area contributed by atoms with Crippen LogP contribution in [0.25, 0.3) is 32.6 Å². The number of amides is 4. The van der Waals surface area contributed by atoms with Crippen molar-refractivity contribution in [3.05, 3.63) is 140 Å². The summed E-state index contributed by atoms with van der Waals surface area (Å²) < 4.78 is 3.00. The van der Waals surface area contributed by atoms with Crippen molar-refractivity contribution >= 4 is 76.8 Å². The van der Waals surface area contributed by atoms with Gasteiger partial charge in [-0.1, -0.05) is 80.3 Å². The van der Waals surface area contributed by atoms with Gasteiger partial charge in [0, 0.05) is 100 Å². The third-order valence-electron chi connectivity index (χ3n) is 14.7. The molecule has 2 atom stereocenters. The molecule has 1 aliphatic heterocycles. The summed E-state index contributed by atoms with van der Waals surface area (Å²) in [5.41, 5.74) is 6.79. The van der Waals surface area contributed by atoms with Gasteiger partial charge >= 0.3 is 6.03 Å². The van der Waals surface area contributed by atoms with Gasteiger partial charge in [0.05, 0.1) is 42.5 Å². The maximum Gasteiger partial charge on any atom is 0.317 e. The lowest BCUT2D eigenvalue weighted by atomic mass is 9.85. The first-order chi connectivity index (χ1) is 37.6. The van der Waals surface area contributed by atoms with Crippen LogP contribution < -0.4 is 37.4 Å². The lowest BCUT2D eigenvalue weighted by Gasteiger charge is -2.37. The Balaban J connectivity index is 0.844. The molecule has 3 aromatic heterocycles. The Bertz CT molecular complexity index is 3360. The van der Waals surface area contributed by atoms with Crippen LogP contribution in [0.2, 0.25) is 0 Å². The topological polar surface area (TPSA) is 210 Å². The SMILES string of the molecule is Bc1cc(C2CC2)cc2ccn(-c3cccc(-c4cn(C)c(=O)c(Nc5ccc(N6CCN(CCN(C)C(=O)NC(C(=O)N(CC(=O)NCc7ccc(C(S)=C(C)C)cc7)CC(C)O)C(C)(C)C)CC6)cn5)n4)c3CO)c(=O)c12. The van der Waals surface area contributed by atoms with Crippen LogP contribution in [-0.4, -0.2) is 141 Å². The first kappa shape index (κ1) is 57.9. The molecule has 1 aliphatic carbocycles. The van der Waals surface area contributed by atoms with Gasteiger partial charge < -0.3 is 45.4 Å². The van der Waals surface area contributed by atoms with Crippen LogP contribution in [0.1, 0.15) is 82.6 Å². The molecule has 1 saturated carbocycles. The maximum absolute atomic E-state index is 14.2. The fraction of sp³-hybridized carbons (Fsp3) is 0.407. The van der Waals surface area contributed by atoms with Gasteiger partial charge in [-0.15, -0.1) is 12.6 Å². The van der Waals surface area contributed by atoms with Crippen LogP contribution in [-0.2, 0) is 29.8 Å². The monoisotopic (exact) mass is 1090 g/mol. The van der Waals surface area contributed by atoms with Gasteiger partial charge in [-0.2, -0.15) is 0 Å². The number of nitrogens with one attached hydrogen (secondary N) is 3. The summed E-state index contributed by atoms with van der Waals surface area (Å²) in [4.78, 5) is 86.2. The first-order valence-corrected chi connectivity index (χ1v) is 27.4. The number of urea groups is 1. The van der Waals surface area contributed by atoms with Gasteiger partial charge in [0.1, 0.15) is 19.7 Å². The van der Waals surface area contributed by atoms with E-state index in [0.29, 0.717) is 65.8 Å². The lowest BCUT2D eigenvalue weighted by molar-refractivity contribution is -0.141. The highest BCUT2D eigenvalue weighted by atomic mass is 32.1. The number of aromatic nitrogens is 4. The van der Waals surface area contributed by atoms with Crippen molar-refractivity contribution < 1.29 is 24.6 Å². The molecule has 79 heavy (non-hydrogen) atoms. The van der Waals surface area contributed by atoms with Crippen LogP contribution in [0.15, 0.2) is 107 Å². The molecule has 0 bridgehead atoms. The van der Waals surface area contributed by atoms with E-state index in [9.17, 15) is 34.2 Å². The number of allylic oxidation sites excluding steroid dienone is 1. The number of aliphatic hydroxyl groups excluding tert-OH is 2. The molecule has 0 spiro atoms. The maximum atomic E-state index is 14.2. The number of nitrogens with zero attached hydrogens (tertiary/aromatic N) is 8. The van der Waals surface area contributed by atoms with E-state index in [0.717, 1.165) is 51.2 Å². The number of anilines is 3. The molecular formula is C59H74BN11O7S. The predicted octanol–water partition coefficient (Wildman–Crippen LogP) is 4.90. The van der Waals surface area contributed by atoms with Crippen LogP contribution in [0.4, 0.5) is 22.1 Å². The summed E-state index contributed by atoms with van der Waals surface area (Å²) in [6, 6.07) is 21.6. The highest BCUT2D eigenvalue weighted by Gasteiger charge is 2.37. The summed E-state index contributed by atoms with van der Waals surface area (Å²) >= 11 is 4.58. The zero-order valence-corrected chi connectivity index (χ0v) is 47.7. The summed E-state index contributed by atoms with van der Waals surface area (Å²) in [5, 5.41) is 31.6. The average molecular weight is 1090 g/mol. The van der Waals surface area contributed by atoms with Crippen LogP contribution in [0.5, 0.6) is 0 Å². The van der Waals surface area contributed by atoms with E-state index < -0.39 is 35.4 Å². The van der Waals surface area contributed by atoms with Crippen LogP contribution >= 0.6 is 12.6 Å². The number of fused-ring (bicyclic) bond motifs is 1. The van der Waals surface area contributed by atoms with Gasteiger partial charge in [0.25, 0.3) is 11.1 Å². The predicted molar refractivity (Wildman–Crippen MR) is 318 cm³/mol. The van der Waals surface area contributed by atoms with Crippen molar-refractivity contribution in [2.75, 3.05) is 69.6 Å². The Kier molecular flexibility index (Phi) is 18.2. The first-order valence-electron chi connectivity index (χ1n) is 27.0. The number of aliphatic hydroxyl groups is 2. The minimum atomic E-state index is -0.985. The smallest absolute Gasteiger partial charge is 0.317 e. The molecule has 5 N–H and O–H groups in total. The largest absolute Gasteiger partial charge is 0.392 e. The number of hydrogen-bond donors (Lipinski definition) is 6. The lowest BCUT2D eigenvalue weighted by Crippen LogP contribution is -2.59. The number of rotatable bonds is 19. The Morgan fingerprint density at radius 2 is 1.68 bits per heavy atom. The van der Waals surface area contributed by atoms with Gasteiger partial charge in [0.15, 0.2) is 5.82 Å². The van der Waals surface area contributed by atoms with Crippen molar-refractivity contribution in [3.63, 3.8) is 0 Å². The summed E-state index contributed by atoms with van der Waals surface area (Å²) in [5.74, 6) is 0.167. The molecule has 2 fully saturated rings. The summed E-state index contributed by atoms with van der Waals surface area (Å²) in [6.45, 7) is 14.4. The van der Waals surface area contributed by atoms with E-state index in [1.165, 1.54) is 27.9 Å². The number of carbonyl (C=O) groups is 3. The Hall–Kier alpha value is -7.26. The molecular weight excluding hydrogens is 1020 g/mol. The highest BCUT2D eigenvalue weighted by Crippen LogP contribution is 2.40. The number of carbonyl (C=O) groups excluding carboxylic acids is 3. The third-order valence-corrected chi connectivity index (χ3v) is 15.4. The van der Waals surface area contributed by atoms with Crippen molar-refractivity contribution in [1.82, 2.24) is 44.4 Å². The minimum Gasteiger partial charge on any atom is -0.392 e. The van der Waals surface area contributed by atoms with Crippen molar-refractivity contribution in [2.45, 2.75) is 85.6 Å². The number of pyridine rings is 2. The van der Waals surface area contributed by atoms with Crippen molar-refractivity contribution in [2.24, 2.45) is 12.5 Å². The summed E-state index contributed by atoms with van der Waals surface area (Å²) in [6.07, 6.45) is 6.55. The highest BCUT2D eigenvalue weighted by molar-refractivity contribution is 7.90. The zero-order chi connectivity index (χ0) is 56.9. The number of thiol groups is 1. The minimum absolute atomic E-state index is 0.0485.